The molecular weight excluding hydrogens is 498 g/mol. The number of hydrogen-bond acceptors (Lipinski definition) is 5. The Bertz CT molecular complexity index is 1380. The van der Waals surface area contributed by atoms with Gasteiger partial charge < -0.3 is 9.64 Å². The van der Waals surface area contributed by atoms with Crippen LogP contribution in [-0.2, 0) is 14.8 Å². The lowest BCUT2D eigenvalue weighted by Crippen LogP contribution is -2.51. The van der Waals surface area contributed by atoms with Crippen LogP contribution in [0, 0.1) is 13.8 Å². The van der Waals surface area contributed by atoms with Gasteiger partial charge >= 0.3 is 0 Å². The Morgan fingerprint density at radius 1 is 0.921 bits per heavy atom. The molecule has 1 amide bonds. The molecule has 1 aliphatic rings. The van der Waals surface area contributed by atoms with Crippen molar-refractivity contribution in [2.45, 2.75) is 18.7 Å². The lowest BCUT2D eigenvalue weighted by molar-refractivity contribution is -0.131. The number of nitrogens with zero attached hydrogens (tertiary/aromatic N) is 3. The molecule has 1 fully saturated rings. The highest BCUT2D eigenvalue weighted by molar-refractivity contribution is 7.93. The predicted molar refractivity (Wildman–Crippen MR) is 152 cm³/mol. The van der Waals surface area contributed by atoms with Gasteiger partial charge in [-0.2, -0.15) is 0 Å². The van der Waals surface area contributed by atoms with E-state index in [4.69, 9.17) is 4.74 Å². The fourth-order valence-corrected chi connectivity index (χ4v) is 6.16. The van der Waals surface area contributed by atoms with Crippen LogP contribution in [0.2, 0.25) is 0 Å². The van der Waals surface area contributed by atoms with Crippen molar-refractivity contribution in [3.8, 4) is 5.75 Å². The summed E-state index contributed by atoms with van der Waals surface area (Å²) < 4.78 is 34.5. The van der Waals surface area contributed by atoms with Crippen molar-refractivity contribution in [2.24, 2.45) is 0 Å². The van der Waals surface area contributed by atoms with Crippen molar-refractivity contribution in [1.82, 2.24) is 9.80 Å². The molecular formula is C30H35N3O4S. The van der Waals surface area contributed by atoms with Crippen LogP contribution in [0.15, 0.2) is 83.8 Å². The molecule has 0 unspecified atom stereocenters. The maximum absolute atomic E-state index is 13.9. The zero-order chi connectivity index (χ0) is 27.1. The quantitative estimate of drug-likeness (QED) is 0.409. The normalized spacial score (nSPS) is 14.6. The molecule has 0 atom stereocenters. The van der Waals surface area contributed by atoms with Gasteiger partial charge in [0.05, 0.1) is 12.8 Å². The van der Waals surface area contributed by atoms with Gasteiger partial charge in [0.2, 0.25) is 5.91 Å². The van der Waals surface area contributed by atoms with E-state index < -0.39 is 10.0 Å². The maximum atomic E-state index is 13.9. The fraction of sp³-hybridized carbons (Fsp3) is 0.300. The largest absolute Gasteiger partial charge is 0.495 e. The number of hydrogen-bond donors (Lipinski definition) is 0. The summed E-state index contributed by atoms with van der Waals surface area (Å²) >= 11 is 0. The Labute approximate surface area is 226 Å². The number of benzene rings is 3. The second-order valence-electron chi connectivity index (χ2n) is 9.50. The molecule has 7 nitrogen and oxygen atoms in total. The van der Waals surface area contributed by atoms with Gasteiger partial charge in [0.15, 0.2) is 0 Å². The van der Waals surface area contributed by atoms with Crippen LogP contribution in [0.5, 0.6) is 5.75 Å². The van der Waals surface area contributed by atoms with Crippen molar-refractivity contribution in [3.63, 3.8) is 0 Å². The first-order valence-corrected chi connectivity index (χ1v) is 14.2. The van der Waals surface area contributed by atoms with E-state index >= 15 is 0 Å². The molecule has 200 valence electrons. The first-order valence-electron chi connectivity index (χ1n) is 12.7. The number of carbonyl (C=O) groups excluding carboxylic acids is 1. The zero-order valence-corrected chi connectivity index (χ0v) is 23.0. The van der Waals surface area contributed by atoms with Gasteiger partial charge in [0.1, 0.15) is 17.2 Å². The Hall–Kier alpha value is -3.62. The second kappa shape index (κ2) is 12.3. The molecule has 38 heavy (non-hydrogen) atoms. The third-order valence-electron chi connectivity index (χ3n) is 6.65. The van der Waals surface area contributed by atoms with Crippen LogP contribution >= 0.6 is 0 Å². The molecule has 3 aromatic rings. The molecule has 0 aromatic heterocycles. The number of carbonyl (C=O) groups is 1. The molecule has 0 spiro atoms. The predicted octanol–water partition coefficient (Wildman–Crippen LogP) is 4.36. The molecule has 0 aliphatic carbocycles. The third kappa shape index (κ3) is 6.62. The number of aryl methyl sites for hydroxylation is 2. The van der Waals surface area contributed by atoms with Crippen LogP contribution in [0.4, 0.5) is 5.69 Å². The van der Waals surface area contributed by atoms with Crippen molar-refractivity contribution in [3.05, 3.63) is 95.6 Å². The van der Waals surface area contributed by atoms with Crippen LogP contribution < -0.4 is 9.04 Å². The van der Waals surface area contributed by atoms with Gasteiger partial charge in [0.25, 0.3) is 10.0 Å². The van der Waals surface area contributed by atoms with Crippen LogP contribution in [-0.4, -0.2) is 70.5 Å². The number of amides is 1. The zero-order valence-electron chi connectivity index (χ0n) is 22.2. The smallest absolute Gasteiger partial charge is 0.268 e. The SMILES string of the molecule is COc1ccc(C)cc1S(=O)(=O)N(CC(=O)N1CCN(C/C=C/c2ccccc2)CC1)c1cccc(C)c1. The lowest BCUT2D eigenvalue weighted by Gasteiger charge is -2.35. The summed E-state index contributed by atoms with van der Waals surface area (Å²) in [6.07, 6.45) is 4.23. The summed E-state index contributed by atoms with van der Waals surface area (Å²) in [4.78, 5) is 17.5. The van der Waals surface area contributed by atoms with E-state index in [9.17, 15) is 13.2 Å². The molecule has 1 saturated heterocycles. The first-order chi connectivity index (χ1) is 18.3. The van der Waals surface area contributed by atoms with Crippen LogP contribution in [0.1, 0.15) is 16.7 Å². The lowest BCUT2D eigenvalue weighted by atomic mass is 10.2. The standard InChI is InChI=1S/C30H35N3O4S/c1-24-9-7-13-27(21-24)33(38(35,36)29-22-25(2)14-15-28(29)37-3)23-30(34)32-19-17-31(18-20-32)16-8-12-26-10-5-4-6-11-26/h4-15,21-22H,16-20,23H2,1-3H3/b12-8+. The molecule has 4 rings (SSSR count). The topological polar surface area (TPSA) is 70.2 Å². The number of sulfonamides is 1. The van der Waals surface area contributed by atoms with Crippen molar-refractivity contribution in [2.75, 3.05) is 50.7 Å². The molecule has 1 aliphatic heterocycles. The van der Waals surface area contributed by atoms with E-state index in [2.05, 4.69) is 29.2 Å². The fourth-order valence-electron chi connectivity index (χ4n) is 4.51. The second-order valence-corrected chi connectivity index (χ2v) is 11.3. The molecule has 1 heterocycles. The highest BCUT2D eigenvalue weighted by atomic mass is 32.2. The summed E-state index contributed by atoms with van der Waals surface area (Å²) in [6.45, 7) is 6.80. The van der Waals surface area contributed by atoms with E-state index in [0.717, 1.165) is 36.3 Å². The van der Waals surface area contributed by atoms with Gasteiger partial charge in [-0.25, -0.2) is 8.42 Å². The monoisotopic (exact) mass is 533 g/mol. The van der Waals surface area contributed by atoms with Gasteiger partial charge in [-0.3, -0.25) is 14.0 Å². The van der Waals surface area contributed by atoms with E-state index in [1.807, 2.05) is 38.1 Å². The van der Waals surface area contributed by atoms with E-state index in [0.29, 0.717) is 18.8 Å². The van der Waals surface area contributed by atoms with Gasteiger partial charge in [-0.1, -0.05) is 60.7 Å². The molecule has 3 aromatic carbocycles. The molecule has 0 bridgehead atoms. The minimum absolute atomic E-state index is 0.0457. The Morgan fingerprint density at radius 2 is 1.63 bits per heavy atom. The Kier molecular flexibility index (Phi) is 8.86. The highest BCUT2D eigenvalue weighted by Crippen LogP contribution is 2.31. The van der Waals surface area contributed by atoms with Gasteiger partial charge in [-0.05, 0) is 54.8 Å². The van der Waals surface area contributed by atoms with Crippen LogP contribution in [0.3, 0.4) is 0 Å². The molecule has 8 heteroatoms. The summed E-state index contributed by atoms with van der Waals surface area (Å²) in [5.74, 6) is 0.0269. The van der Waals surface area contributed by atoms with Gasteiger partial charge in [-0.15, -0.1) is 0 Å². The summed E-state index contributed by atoms with van der Waals surface area (Å²) in [5, 5.41) is 0. The molecule has 0 N–H and O–H groups in total. The molecule has 0 radical (unpaired) electrons. The summed E-state index contributed by atoms with van der Waals surface area (Å²) in [6, 6.07) is 22.4. The van der Waals surface area contributed by atoms with Crippen molar-refractivity contribution < 1.29 is 17.9 Å². The third-order valence-corrected chi connectivity index (χ3v) is 8.45. The van der Waals surface area contributed by atoms with Crippen LogP contribution in [0.25, 0.3) is 6.08 Å². The van der Waals surface area contributed by atoms with Gasteiger partial charge in [0, 0.05) is 32.7 Å². The van der Waals surface area contributed by atoms with E-state index in [-0.39, 0.29) is 23.1 Å². The minimum Gasteiger partial charge on any atom is -0.495 e. The number of rotatable bonds is 9. The number of ether oxygens (including phenoxy) is 1. The summed E-state index contributed by atoms with van der Waals surface area (Å²) in [5.41, 5.74) is 3.30. The number of piperazine rings is 1. The summed E-state index contributed by atoms with van der Waals surface area (Å²) in [7, 11) is -2.63. The molecule has 0 saturated carbocycles. The number of anilines is 1. The highest BCUT2D eigenvalue weighted by Gasteiger charge is 2.32. The first kappa shape index (κ1) is 27.4. The average Bonchev–Trinajstić information content (AvgIpc) is 2.92. The van der Waals surface area contributed by atoms with Crippen molar-refractivity contribution >= 4 is 27.7 Å². The number of methoxy groups -OCH3 is 1. The van der Waals surface area contributed by atoms with Crippen molar-refractivity contribution in [1.29, 1.82) is 0 Å². The minimum atomic E-state index is -4.08. The Balaban J connectivity index is 1.48. The average molecular weight is 534 g/mol. The van der Waals surface area contributed by atoms with E-state index in [1.165, 1.54) is 11.4 Å². The maximum Gasteiger partial charge on any atom is 0.268 e. The van der Waals surface area contributed by atoms with E-state index in [1.54, 1.807) is 41.3 Å². The Morgan fingerprint density at radius 3 is 2.32 bits per heavy atom.